The van der Waals surface area contributed by atoms with E-state index in [-0.39, 0.29) is 35.5 Å². The van der Waals surface area contributed by atoms with Gasteiger partial charge >= 0.3 is 0 Å². The van der Waals surface area contributed by atoms with Gasteiger partial charge in [-0.2, -0.15) is 0 Å². The van der Waals surface area contributed by atoms with E-state index in [1.807, 2.05) is 42.2 Å². The number of likely N-dealkylation sites (tertiary alicyclic amines) is 1. The lowest BCUT2D eigenvalue weighted by Crippen LogP contribution is -2.48. The van der Waals surface area contributed by atoms with Gasteiger partial charge in [0.2, 0.25) is 5.91 Å². The zero-order chi connectivity index (χ0) is 19.5. The Hall–Kier alpha value is -2.67. The van der Waals surface area contributed by atoms with Crippen LogP contribution in [0.5, 0.6) is 0 Å². The van der Waals surface area contributed by atoms with Crippen LogP contribution in [-0.2, 0) is 9.53 Å². The molecule has 1 aromatic heterocycles. The molecule has 0 bridgehead atoms. The quantitative estimate of drug-likeness (QED) is 0.857. The van der Waals surface area contributed by atoms with Crippen LogP contribution >= 0.6 is 0 Å². The summed E-state index contributed by atoms with van der Waals surface area (Å²) in [6.07, 6.45) is 3.60. The van der Waals surface area contributed by atoms with Crippen LogP contribution in [0.1, 0.15) is 36.7 Å². The van der Waals surface area contributed by atoms with Crippen LogP contribution < -0.4 is 5.32 Å². The fourth-order valence-corrected chi connectivity index (χ4v) is 4.20. The van der Waals surface area contributed by atoms with Crippen molar-refractivity contribution in [1.82, 2.24) is 15.2 Å². The van der Waals surface area contributed by atoms with E-state index < -0.39 is 0 Å². The summed E-state index contributed by atoms with van der Waals surface area (Å²) in [5.74, 6) is 0.283. The van der Waals surface area contributed by atoms with Crippen molar-refractivity contribution < 1.29 is 18.7 Å². The van der Waals surface area contributed by atoms with E-state index in [1.165, 1.54) is 6.39 Å². The molecule has 1 aromatic carbocycles. The van der Waals surface area contributed by atoms with Crippen molar-refractivity contribution in [3.05, 3.63) is 42.4 Å². The number of benzene rings is 1. The Morgan fingerprint density at radius 3 is 2.79 bits per heavy atom. The van der Waals surface area contributed by atoms with Crippen LogP contribution in [0.15, 0.2) is 41.1 Å². The Morgan fingerprint density at radius 1 is 1.25 bits per heavy atom. The molecule has 0 aliphatic carbocycles. The second-order valence-corrected chi connectivity index (χ2v) is 7.33. The van der Waals surface area contributed by atoms with Crippen LogP contribution in [0.2, 0.25) is 0 Å². The standard InChI is InChI=1S/C21H25N3O4/c1-2-17-16(8-10-24(17)21(26)15-9-11-27-12-15)23-20(25)18-19(28-13-22-18)14-6-4-3-5-7-14/h3-7,13,15-17H,2,8-12H2,1H3,(H,23,25)/t15?,16-,17+/m0/s1. The van der Waals surface area contributed by atoms with Crippen molar-refractivity contribution in [2.75, 3.05) is 19.8 Å². The fraction of sp³-hybridized carbons (Fsp3) is 0.476. The second-order valence-electron chi connectivity index (χ2n) is 7.33. The Kier molecular flexibility index (Phi) is 5.43. The Balaban J connectivity index is 1.46. The van der Waals surface area contributed by atoms with Gasteiger partial charge in [-0.1, -0.05) is 37.3 Å². The lowest BCUT2D eigenvalue weighted by atomic mass is 10.0. The molecular formula is C21H25N3O4. The Labute approximate surface area is 164 Å². The maximum absolute atomic E-state index is 12.9. The van der Waals surface area contributed by atoms with E-state index in [0.29, 0.717) is 25.5 Å². The van der Waals surface area contributed by atoms with Crippen molar-refractivity contribution in [2.24, 2.45) is 5.92 Å². The molecule has 7 heteroatoms. The summed E-state index contributed by atoms with van der Waals surface area (Å²) < 4.78 is 10.8. The van der Waals surface area contributed by atoms with Gasteiger partial charge in [-0.3, -0.25) is 9.59 Å². The monoisotopic (exact) mass is 383 g/mol. The van der Waals surface area contributed by atoms with Crippen molar-refractivity contribution >= 4 is 11.8 Å². The predicted molar refractivity (Wildman–Crippen MR) is 103 cm³/mol. The minimum absolute atomic E-state index is 0.0101. The molecule has 4 rings (SSSR count). The zero-order valence-corrected chi connectivity index (χ0v) is 16.0. The van der Waals surface area contributed by atoms with Gasteiger partial charge < -0.3 is 19.4 Å². The first kappa shape index (κ1) is 18.7. The number of carbonyl (C=O) groups is 2. The van der Waals surface area contributed by atoms with Gasteiger partial charge in [-0.15, -0.1) is 0 Å². The molecule has 1 N–H and O–H groups in total. The van der Waals surface area contributed by atoms with E-state index in [1.54, 1.807) is 0 Å². The number of rotatable bonds is 5. The number of carbonyl (C=O) groups excluding carboxylic acids is 2. The molecule has 2 aliphatic heterocycles. The molecular weight excluding hydrogens is 358 g/mol. The van der Waals surface area contributed by atoms with Crippen LogP contribution in [0.4, 0.5) is 0 Å². The summed E-state index contributed by atoms with van der Waals surface area (Å²) in [5.41, 5.74) is 1.08. The molecule has 3 heterocycles. The average molecular weight is 383 g/mol. The molecule has 2 fully saturated rings. The SMILES string of the molecule is CC[C@@H]1[C@@H](NC(=O)c2ncoc2-c2ccccc2)CCN1C(=O)C1CCOC1. The van der Waals surface area contributed by atoms with E-state index in [2.05, 4.69) is 10.3 Å². The molecule has 148 valence electrons. The predicted octanol–water partition coefficient (Wildman–Crippen LogP) is 2.49. The molecule has 7 nitrogen and oxygen atoms in total. The second kappa shape index (κ2) is 8.14. The highest BCUT2D eigenvalue weighted by molar-refractivity contribution is 5.97. The summed E-state index contributed by atoms with van der Waals surface area (Å²) in [6, 6.07) is 9.34. The summed E-state index contributed by atoms with van der Waals surface area (Å²) in [4.78, 5) is 31.8. The summed E-state index contributed by atoms with van der Waals surface area (Å²) in [6.45, 7) is 3.85. The molecule has 0 saturated carbocycles. The van der Waals surface area contributed by atoms with Gasteiger partial charge in [0, 0.05) is 18.7 Å². The molecule has 0 radical (unpaired) electrons. The van der Waals surface area contributed by atoms with Gasteiger partial charge in [-0.25, -0.2) is 4.98 Å². The van der Waals surface area contributed by atoms with Crippen LogP contribution in [0.25, 0.3) is 11.3 Å². The van der Waals surface area contributed by atoms with E-state index in [9.17, 15) is 9.59 Å². The number of nitrogens with one attached hydrogen (secondary N) is 1. The molecule has 1 unspecified atom stereocenters. The van der Waals surface area contributed by atoms with Crippen molar-refractivity contribution in [1.29, 1.82) is 0 Å². The summed E-state index contributed by atoms with van der Waals surface area (Å²) in [7, 11) is 0. The lowest BCUT2D eigenvalue weighted by Gasteiger charge is -2.29. The van der Waals surface area contributed by atoms with Gasteiger partial charge in [0.05, 0.1) is 24.6 Å². The number of nitrogens with zero attached hydrogens (tertiary/aromatic N) is 2. The van der Waals surface area contributed by atoms with E-state index in [4.69, 9.17) is 9.15 Å². The summed E-state index contributed by atoms with van der Waals surface area (Å²) in [5, 5.41) is 3.08. The number of ether oxygens (including phenoxy) is 1. The number of hydrogen-bond acceptors (Lipinski definition) is 5. The molecule has 2 saturated heterocycles. The smallest absolute Gasteiger partial charge is 0.274 e. The first-order valence-corrected chi connectivity index (χ1v) is 9.87. The molecule has 0 spiro atoms. The molecule has 2 amide bonds. The first-order chi connectivity index (χ1) is 13.7. The average Bonchev–Trinajstić information content (AvgIpc) is 3.48. The van der Waals surface area contributed by atoms with Crippen molar-refractivity contribution in [3.8, 4) is 11.3 Å². The highest BCUT2D eigenvalue weighted by Crippen LogP contribution is 2.27. The molecule has 28 heavy (non-hydrogen) atoms. The minimum atomic E-state index is -0.269. The van der Waals surface area contributed by atoms with Crippen molar-refractivity contribution in [3.63, 3.8) is 0 Å². The van der Waals surface area contributed by atoms with Gasteiger partial charge in [-0.05, 0) is 19.3 Å². The third-order valence-corrected chi connectivity index (χ3v) is 5.66. The van der Waals surface area contributed by atoms with Crippen molar-refractivity contribution in [2.45, 2.75) is 38.3 Å². The molecule has 2 aliphatic rings. The van der Waals surface area contributed by atoms with Gasteiger partial charge in [0.25, 0.3) is 5.91 Å². The zero-order valence-electron chi connectivity index (χ0n) is 16.0. The fourth-order valence-electron chi connectivity index (χ4n) is 4.20. The van der Waals surface area contributed by atoms with Crippen LogP contribution in [0, 0.1) is 5.92 Å². The maximum Gasteiger partial charge on any atom is 0.274 e. The highest BCUT2D eigenvalue weighted by atomic mass is 16.5. The number of hydrogen-bond donors (Lipinski definition) is 1. The largest absolute Gasteiger partial charge is 0.443 e. The Morgan fingerprint density at radius 2 is 2.07 bits per heavy atom. The normalized spacial score (nSPS) is 24.5. The molecule has 3 atom stereocenters. The molecule has 2 aromatic rings. The van der Waals surface area contributed by atoms with Gasteiger partial charge in [0.15, 0.2) is 17.8 Å². The van der Waals surface area contributed by atoms with Gasteiger partial charge in [0.1, 0.15) is 0 Å². The Bertz CT molecular complexity index is 829. The third kappa shape index (κ3) is 3.54. The minimum Gasteiger partial charge on any atom is -0.443 e. The number of aromatic nitrogens is 1. The summed E-state index contributed by atoms with van der Waals surface area (Å²) >= 11 is 0. The number of amides is 2. The van der Waals surface area contributed by atoms with Crippen LogP contribution in [0.3, 0.4) is 0 Å². The maximum atomic E-state index is 12.9. The topological polar surface area (TPSA) is 84.7 Å². The van der Waals surface area contributed by atoms with E-state index in [0.717, 1.165) is 24.8 Å². The highest BCUT2D eigenvalue weighted by Gasteiger charge is 2.40. The van der Waals surface area contributed by atoms with E-state index >= 15 is 0 Å². The third-order valence-electron chi connectivity index (χ3n) is 5.66. The lowest BCUT2D eigenvalue weighted by molar-refractivity contribution is -0.136. The van der Waals surface area contributed by atoms with Crippen LogP contribution in [-0.4, -0.2) is 53.5 Å². The first-order valence-electron chi connectivity index (χ1n) is 9.87. The number of oxazole rings is 1.